The summed E-state index contributed by atoms with van der Waals surface area (Å²) in [7, 11) is 0. The fraction of sp³-hybridized carbons (Fsp3) is 0.917. The van der Waals surface area contributed by atoms with E-state index < -0.39 is 0 Å². The monoisotopic (exact) mass is 243 g/mol. The van der Waals surface area contributed by atoms with Crippen LogP contribution < -0.4 is 0 Å². The predicted octanol–water partition coefficient (Wildman–Crippen LogP) is 1.50. The largest absolute Gasteiger partial charge is 0.396 e. The van der Waals surface area contributed by atoms with E-state index in [9.17, 15) is 9.90 Å². The van der Waals surface area contributed by atoms with Crippen molar-refractivity contribution in [1.29, 1.82) is 0 Å². The summed E-state index contributed by atoms with van der Waals surface area (Å²) in [5.41, 5.74) is 0. The molecule has 0 bridgehead atoms. The van der Waals surface area contributed by atoms with Crippen molar-refractivity contribution in [2.75, 3.05) is 25.4 Å². The molecular formula is C12H21NO2S. The van der Waals surface area contributed by atoms with Crippen LogP contribution in [-0.2, 0) is 4.79 Å². The number of piperidine rings is 1. The summed E-state index contributed by atoms with van der Waals surface area (Å²) in [4.78, 5) is 14.4. The Morgan fingerprint density at radius 3 is 3.00 bits per heavy atom. The zero-order chi connectivity index (χ0) is 11.6. The zero-order valence-corrected chi connectivity index (χ0v) is 10.8. The highest BCUT2D eigenvalue weighted by Gasteiger charge is 2.40. The van der Waals surface area contributed by atoms with Gasteiger partial charge in [-0.2, -0.15) is 0 Å². The molecule has 0 aromatic carbocycles. The molecule has 2 aliphatic rings. The van der Waals surface area contributed by atoms with Crippen LogP contribution in [0.5, 0.6) is 0 Å². The van der Waals surface area contributed by atoms with E-state index in [1.54, 1.807) is 11.8 Å². The summed E-state index contributed by atoms with van der Waals surface area (Å²) in [6.45, 7) is 3.93. The lowest BCUT2D eigenvalue weighted by Crippen LogP contribution is -2.48. The quantitative estimate of drug-likeness (QED) is 0.799. The second-order valence-electron chi connectivity index (χ2n) is 5.12. The molecule has 92 valence electrons. The zero-order valence-electron chi connectivity index (χ0n) is 9.95. The van der Waals surface area contributed by atoms with E-state index in [1.807, 2.05) is 4.90 Å². The van der Waals surface area contributed by atoms with E-state index >= 15 is 0 Å². The standard InChI is InChI=1S/C12H21NO2S/c1-12(5-3-7-16-12)11(15)13-6-2-4-10(8-13)9-14/h10,14H,2-9H2,1H3. The van der Waals surface area contributed by atoms with Crippen LogP contribution in [0, 0.1) is 5.92 Å². The molecule has 0 saturated carbocycles. The SMILES string of the molecule is CC1(C(=O)N2CCCC(CO)C2)CCCS1. The fourth-order valence-electron chi connectivity index (χ4n) is 2.68. The predicted molar refractivity (Wildman–Crippen MR) is 66.5 cm³/mol. The third-order valence-electron chi connectivity index (χ3n) is 3.74. The second kappa shape index (κ2) is 4.96. The van der Waals surface area contributed by atoms with Crippen LogP contribution in [0.1, 0.15) is 32.6 Å². The van der Waals surface area contributed by atoms with Crippen molar-refractivity contribution in [1.82, 2.24) is 4.90 Å². The molecule has 0 aliphatic carbocycles. The molecule has 2 saturated heterocycles. The van der Waals surface area contributed by atoms with Crippen molar-refractivity contribution in [3.63, 3.8) is 0 Å². The molecule has 2 heterocycles. The average Bonchev–Trinajstić information content (AvgIpc) is 2.76. The summed E-state index contributed by atoms with van der Waals surface area (Å²) >= 11 is 1.80. The van der Waals surface area contributed by atoms with Crippen molar-refractivity contribution >= 4 is 17.7 Å². The first kappa shape index (κ1) is 12.2. The highest BCUT2D eigenvalue weighted by molar-refractivity contribution is 8.01. The van der Waals surface area contributed by atoms with Gasteiger partial charge in [0.25, 0.3) is 0 Å². The molecule has 16 heavy (non-hydrogen) atoms. The van der Waals surface area contributed by atoms with Gasteiger partial charge in [-0.3, -0.25) is 4.79 Å². The lowest BCUT2D eigenvalue weighted by molar-refractivity contribution is -0.135. The van der Waals surface area contributed by atoms with Gasteiger partial charge < -0.3 is 10.0 Å². The summed E-state index contributed by atoms with van der Waals surface area (Å²) in [6, 6.07) is 0. The summed E-state index contributed by atoms with van der Waals surface area (Å²) in [5.74, 6) is 1.71. The Kier molecular flexibility index (Phi) is 3.80. The number of carbonyl (C=O) groups excluding carboxylic acids is 1. The smallest absolute Gasteiger partial charge is 0.238 e. The molecule has 2 unspecified atom stereocenters. The Labute approximate surface area is 102 Å². The van der Waals surface area contributed by atoms with Crippen LogP contribution in [0.4, 0.5) is 0 Å². The van der Waals surface area contributed by atoms with Crippen molar-refractivity contribution < 1.29 is 9.90 Å². The van der Waals surface area contributed by atoms with E-state index in [4.69, 9.17) is 0 Å². The van der Waals surface area contributed by atoms with Crippen LogP contribution in [0.15, 0.2) is 0 Å². The third-order valence-corrected chi connectivity index (χ3v) is 5.24. The molecular weight excluding hydrogens is 222 g/mol. The fourth-order valence-corrected chi connectivity index (χ4v) is 3.96. The van der Waals surface area contributed by atoms with E-state index in [0.717, 1.165) is 44.5 Å². The molecule has 0 radical (unpaired) electrons. The third kappa shape index (κ3) is 2.38. The van der Waals surface area contributed by atoms with Crippen LogP contribution in [0.25, 0.3) is 0 Å². The second-order valence-corrected chi connectivity index (χ2v) is 6.72. The van der Waals surface area contributed by atoms with Crippen LogP contribution >= 0.6 is 11.8 Å². The van der Waals surface area contributed by atoms with Crippen molar-refractivity contribution in [3.05, 3.63) is 0 Å². The lowest BCUT2D eigenvalue weighted by atomic mass is 9.96. The maximum Gasteiger partial charge on any atom is 0.238 e. The van der Waals surface area contributed by atoms with Crippen molar-refractivity contribution in [2.45, 2.75) is 37.4 Å². The number of amides is 1. The molecule has 2 atom stereocenters. The topological polar surface area (TPSA) is 40.5 Å². The number of carbonyl (C=O) groups is 1. The molecule has 3 nitrogen and oxygen atoms in total. The summed E-state index contributed by atoms with van der Waals surface area (Å²) in [6.07, 6.45) is 4.27. The average molecular weight is 243 g/mol. The molecule has 2 aliphatic heterocycles. The highest BCUT2D eigenvalue weighted by atomic mass is 32.2. The highest BCUT2D eigenvalue weighted by Crippen LogP contribution is 2.39. The number of thioether (sulfide) groups is 1. The lowest BCUT2D eigenvalue weighted by Gasteiger charge is -2.36. The van der Waals surface area contributed by atoms with Crippen molar-refractivity contribution in [3.8, 4) is 0 Å². The molecule has 0 aromatic rings. The Morgan fingerprint density at radius 2 is 2.38 bits per heavy atom. The summed E-state index contributed by atoms with van der Waals surface area (Å²) in [5, 5.41) is 9.18. The maximum atomic E-state index is 12.4. The molecule has 2 fully saturated rings. The molecule has 1 N–H and O–H groups in total. The number of nitrogens with zero attached hydrogens (tertiary/aromatic N) is 1. The van der Waals surface area contributed by atoms with Gasteiger partial charge in [-0.25, -0.2) is 0 Å². The van der Waals surface area contributed by atoms with Crippen molar-refractivity contribution in [2.24, 2.45) is 5.92 Å². The number of hydrogen-bond acceptors (Lipinski definition) is 3. The Hall–Kier alpha value is -0.220. The first-order valence-corrected chi connectivity index (χ1v) is 7.18. The molecule has 0 spiro atoms. The number of aliphatic hydroxyl groups excluding tert-OH is 1. The molecule has 4 heteroatoms. The molecule has 1 amide bonds. The van der Waals surface area contributed by atoms with Gasteiger partial charge in [0.15, 0.2) is 0 Å². The number of hydrogen-bond donors (Lipinski definition) is 1. The van der Waals surface area contributed by atoms with Gasteiger partial charge in [-0.05, 0) is 44.3 Å². The van der Waals surface area contributed by atoms with Gasteiger partial charge in [-0.15, -0.1) is 11.8 Å². The van der Waals surface area contributed by atoms with E-state index in [0.29, 0.717) is 11.8 Å². The number of likely N-dealkylation sites (tertiary alicyclic amines) is 1. The Morgan fingerprint density at radius 1 is 1.56 bits per heavy atom. The van der Waals surface area contributed by atoms with E-state index in [1.165, 1.54) is 0 Å². The minimum atomic E-state index is -0.183. The van der Waals surface area contributed by atoms with Gasteiger partial charge in [-0.1, -0.05) is 0 Å². The maximum absolute atomic E-state index is 12.4. The van der Waals surface area contributed by atoms with Crippen LogP contribution in [-0.4, -0.2) is 46.1 Å². The van der Waals surface area contributed by atoms with E-state index in [-0.39, 0.29) is 11.4 Å². The van der Waals surface area contributed by atoms with Gasteiger partial charge in [0.1, 0.15) is 0 Å². The molecule has 2 rings (SSSR count). The normalized spacial score (nSPS) is 35.4. The van der Waals surface area contributed by atoms with Gasteiger partial charge in [0.05, 0.1) is 4.75 Å². The number of rotatable bonds is 2. The molecule has 0 aromatic heterocycles. The van der Waals surface area contributed by atoms with Gasteiger partial charge >= 0.3 is 0 Å². The van der Waals surface area contributed by atoms with Crippen LogP contribution in [0.3, 0.4) is 0 Å². The minimum Gasteiger partial charge on any atom is -0.396 e. The van der Waals surface area contributed by atoms with Gasteiger partial charge in [0, 0.05) is 19.7 Å². The van der Waals surface area contributed by atoms with E-state index in [2.05, 4.69) is 6.92 Å². The summed E-state index contributed by atoms with van der Waals surface area (Å²) < 4.78 is -0.183. The van der Waals surface area contributed by atoms with Crippen LogP contribution in [0.2, 0.25) is 0 Å². The number of aliphatic hydroxyl groups is 1. The first-order chi connectivity index (χ1) is 7.65. The Balaban J connectivity index is 1.98. The van der Waals surface area contributed by atoms with Gasteiger partial charge in [0.2, 0.25) is 5.91 Å². The minimum absolute atomic E-state index is 0.183. The first-order valence-electron chi connectivity index (χ1n) is 6.20. The Bertz CT molecular complexity index is 264.